The van der Waals surface area contributed by atoms with Gasteiger partial charge in [0.2, 0.25) is 0 Å². The number of aromatic nitrogens is 4. The van der Waals surface area contributed by atoms with E-state index in [4.69, 9.17) is 9.97 Å². The Hall–Kier alpha value is -5.55. The number of fused-ring (bicyclic) bond motifs is 1. The fraction of sp³-hybridized carbons (Fsp3) is 0.0541. The van der Waals surface area contributed by atoms with Crippen molar-refractivity contribution in [3.8, 4) is 56.2 Å². The maximum Gasteiger partial charge on any atom is 0.328 e. The summed E-state index contributed by atoms with van der Waals surface area (Å²) in [4.78, 5) is 22.2. The maximum atomic E-state index is 12.3. The molecular formula is C37H28N4O. The fourth-order valence-electron chi connectivity index (χ4n) is 5.44. The van der Waals surface area contributed by atoms with Crippen LogP contribution in [-0.2, 0) is 14.1 Å². The van der Waals surface area contributed by atoms with Crippen LogP contribution < -0.4 is 5.69 Å². The highest BCUT2D eigenvalue weighted by atomic mass is 16.1. The summed E-state index contributed by atoms with van der Waals surface area (Å²) in [5.74, 6) is 0.709. The summed E-state index contributed by atoms with van der Waals surface area (Å²) in [5.41, 5.74) is 11.2. The lowest BCUT2D eigenvalue weighted by Crippen LogP contribution is -2.19. The monoisotopic (exact) mass is 544 g/mol. The Morgan fingerprint density at radius 1 is 0.429 bits per heavy atom. The minimum absolute atomic E-state index is 0.0181. The molecule has 42 heavy (non-hydrogen) atoms. The second-order valence-corrected chi connectivity index (χ2v) is 10.5. The van der Waals surface area contributed by atoms with Gasteiger partial charge in [0.05, 0.1) is 22.4 Å². The van der Waals surface area contributed by atoms with E-state index < -0.39 is 0 Å². The number of imidazole rings is 1. The fourth-order valence-corrected chi connectivity index (χ4v) is 5.44. The Morgan fingerprint density at radius 3 is 1.43 bits per heavy atom. The third-order valence-electron chi connectivity index (χ3n) is 7.83. The predicted octanol–water partition coefficient (Wildman–Crippen LogP) is 8.00. The Bertz CT molecular complexity index is 2030. The topological polar surface area (TPSA) is 52.7 Å². The van der Waals surface area contributed by atoms with Crippen LogP contribution in [0.3, 0.4) is 0 Å². The van der Waals surface area contributed by atoms with Gasteiger partial charge in [-0.3, -0.25) is 9.13 Å². The number of nitrogens with zero attached hydrogens (tertiary/aromatic N) is 4. The first-order chi connectivity index (χ1) is 20.5. The van der Waals surface area contributed by atoms with Gasteiger partial charge in [0.25, 0.3) is 0 Å². The van der Waals surface area contributed by atoms with Crippen LogP contribution in [0.25, 0.3) is 67.2 Å². The van der Waals surface area contributed by atoms with Gasteiger partial charge in [0.15, 0.2) is 5.82 Å². The first kappa shape index (κ1) is 25.4. The van der Waals surface area contributed by atoms with Crippen LogP contribution in [-0.4, -0.2) is 19.1 Å². The molecule has 5 heteroatoms. The molecule has 0 bridgehead atoms. The van der Waals surface area contributed by atoms with E-state index in [2.05, 4.69) is 78.9 Å². The Kier molecular flexibility index (Phi) is 6.32. The van der Waals surface area contributed by atoms with Crippen LogP contribution in [0.4, 0.5) is 0 Å². The van der Waals surface area contributed by atoms with Gasteiger partial charge >= 0.3 is 5.69 Å². The molecule has 0 saturated carbocycles. The van der Waals surface area contributed by atoms with E-state index in [1.165, 1.54) is 0 Å². The molecule has 7 rings (SSSR count). The molecule has 2 heterocycles. The summed E-state index contributed by atoms with van der Waals surface area (Å²) in [6, 6.07) is 45.6. The van der Waals surface area contributed by atoms with Crippen LogP contribution in [0.15, 0.2) is 138 Å². The average molecular weight is 545 g/mol. The molecule has 7 aromatic rings. The van der Waals surface area contributed by atoms with Gasteiger partial charge in [-0.25, -0.2) is 14.8 Å². The maximum absolute atomic E-state index is 12.3. The Morgan fingerprint density at radius 2 is 0.857 bits per heavy atom. The zero-order valence-corrected chi connectivity index (χ0v) is 23.4. The van der Waals surface area contributed by atoms with E-state index in [1.54, 1.807) is 16.2 Å². The first-order valence-electron chi connectivity index (χ1n) is 13.9. The Labute approximate surface area is 244 Å². The van der Waals surface area contributed by atoms with E-state index in [9.17, 15) is 4.79 Å². The normalized spacial score (nSPS) is 11.2. The largest absolute Gasteiger partial charge is 0.328 e. The van der Waals surface area contributed by atoms with Crippen LogP contribution >= 0.6 is 0 Å². The molecule has 5 nitrogen and oxygen atoms in total. The number of hydrogen-bond acceptors (Lipinski definition) is 3. The molecule has 202 valence electrons. The van der Waals surface area contributed by atoms with Gasteiger partial charge in [-0.1, -0.05) is 115 Å². The zero-order chi connectivity index (χ0) is 28.6. The van der Waals surface area contributed by atoms with E-state index >= 15 is 0 Å². The molecule has 2 aromatic heterocycles. The van der Waals surface area contributed by atoms with Gasteiger partial charge in [-0.15, -0.1) is 0 Å². The predicted molar refractivity (Wildman–Crippen MR) is 171 cm³/mol. The molecule has 0 N–H and O–H groups in total. The Balaban J connectivity index is 1.20. The zero-order valence-electron chi connectivity index (χ0n) is 23.4. The number of rotatable bonds is 5. The molecular weight excluding hydrogens is 516 g/mol. The van der Waals surface area contributed by atoms with Gasteiger partial charge in [0, 0.05) is 30.8 Å². The summed E-state index contributed by atoms with van der Waals surface area (Å²) < 4.78 is 3.37. The average Bonchev–Trinajstić information content (AvgIpc) is 3.28. The molecule has 0 atom stereocenters. The van der Waals surface area contributed by atoms with Crippen LogP contribution in [0.2, 0.25) is 0 Å². The van der Waals surface area contributed by atoms with Gasteiger partial charge < -0.3 is 0 Å². The van der Waals surface area contributed by atoms with Crippen molar-refractivity contribution in [2.75, 3.05) is 0 Å². The highest BCUT2D eigenvalue weighted by Crippen LogP contribution is 2.31. The smallest absolute Gasteiger partial charge is 0.295 e. The third-order valence-corrected chi connectivity index (χ3v) is 7.83. The van der Waals surface area contributed by atoms with Crippen molar-refractivity contribution in [1.82, 2.24) is 19.1 Å². The highest BCUT2D eigenvalue weighted by Gasteiger charge is 2.12. The molecule has 5 aromatic carbocycles. The lowest BCUT2D eigenvalue weighted by molar-refractivity contribution is 0.795. The SMILES string of the molecule is Cn1c(=O)n(C)c2cc(-c3ccc(-c4ccc(-c5cc(-c6ccccc6)nc(-c6ccccc6)n5)cc4)cc3)ccc21. The minimum atomic E-state index is -0.0181. The molecule has 0 aliphatic carbocycles. The summed E-state index contributed by atoms with van der Waals surface area (Å²) in [5, 5.41) is 0. The first-order valence-corrected chi connectivity index (χ1v) is 13.9. The number of aryl methyl sites for hydroxylation is 2. The van der Waals surface area contributed by atoms with Crippen LogP contribution in [0.5, 0.6) is 0 Å². The lowest BCUT2D eigenvalue weighted by Gasteiger charge is -2.10. The van der Waals surface area contributed by atoms with E-state index in [1.807, 2.05) is 61.6 Å². The highest BCUT2D eigenvalue weighted by molar-refractivity contribution is 5.83. The summed E-state index contributed by atoms with van der Waals surface area (Å²) >= 11 is 0. The van der Waals surface area contributed by atoms with Crippen molar-refractivity contribution in [3.05, 3.63) is 144 Å². The summed E-state index contributed by atoms with van der Waals surface area (Å²) in [6.07, 6.45) is 0. The third kappa shape index (κ3) is 4.61. The quantitative estimate of drug-likeness (QED) is 0.221. The lowest BCUT2D eigenvalue weighted by atomic mass is 9.98. The van der Waals surface area contributed by atoms with Crippen molar-refractivity contribution < 1.29 is 0 Å². The van der Waals surface area contributed by atoms with Crippen molar-refractivity contribution in [2.24, 2.45) is 14.1 Å². The summed E-state index contributed by atoms with van der Waals surface area (Å²) in [6.45, 7) is 0. The van der Waals surface area contributed by atoms with Gasteiger partial charge in [-0.2, -0.15) is 0 Å². The van der Waals surface area contributed by atoms with Crippen molar-refractivity contribution in [3.63, 3.8) is 0 Å². The number of hydrogen-bond donors (Lipinski definition) is 0. The molecule has 0 saturated heterocycles. The molecule has 0 aliphatic rings. The van der Waals surface area contributed by atoms with E-state index in [0.29, 0.717) is 5.82 Å². The van der Waals surface area contributed by atoms with Crippen LogP contribution in [0, 0.1) is 0 Å². The molecule has 0 fully saturated rings. The second kappa shape index (κ2) is 10.5. The molecule has 0 amide bonds. The standard InChI is InChI=1S/C37H28N4O/c1-40-34-22-21-31(23-35(34)41(2)37(40)42)27-15-13-25(14-16-27)26-17-19-29(20-18-26)33-24-32(28-9-5-3-6-10-28)38-36(39-33)30-11-7-4-8-12-30/h3-24H,1-2H3. The molecule has 0 radical (unpaired) electrons. The van der Waals surface area contributed by atoms with Crippen molar-refractivity contribution >= 4 is 11.0 Å². The van der Waals surface area contributed by atoms with Crippen LogP contribution in [0.1, 0.15) is 0 Å². The number of benzene rings is 5. The van der Waals surface area contributed by atoms with Gasteiger partial charge in [0.1, 0.15) is 0 Å². The second-order valence-electron chi connectivity index (χ2n) is 10.5. The summed E-state index contributed by atoms with van der Waals surface area (Å²) in [7, 11) is 3.62. The van der Waals surface area contributed by atoms with Crippen molar-refractivity contribution in [2.45, 2.75) is 0 Å². The molecule has 0 aliphatic heterocycles. The minimum Gasteiger partial charge on any atom is -0.295 e. The molecule has 0 unspecified atom stereocenters. The van der Waals surface area contributed by atoms with E-state index in [-0.39, 0.29) is 5.69 Å². The van der Waals surface area contributed by atoms with Crippen molar-refractivity contribution in [1.29, 1.82) is 0 Å². The van der Waals surface area contributed by atoms with E-state index in [0.717, 1.165) is 61.4 Å². The van der Waals surface area contributed by atoms with Gasteiger partial charge in [-0.05, 0) is 40.5 Å². The molecule has 0 spiro atoms.